The molecule has 0 heterocycles. The average Bonchev–Trinajstić information content (AvgIpc) is 1.65. The quantitative estimate of drug-likeness (QED) is 0.399. The Labute approximate surface area is 76.1 Å². The number of hydrogen-bond acceptors (Lipinski definition) is 4. The Balaban J connectivity index is 0. The molecule has 0 aromatic carbocycles. The van der Waals surface area contributed by atoms with E-state index in [4.69, 9.17) is 10.2 Å². The third kappa shape index (κ3) is 4.80. The van der Waals surface area contributed by atoms with Gasteiger partial charge < -0.3 is 20.1 Å². The second kappa shape index (κ2) is 5.78. The van der Waals surface area contributed by atoms with E-state index in [1.165, 1.54) is 0 Å². The van der Waals surface area contributed by atoms with Gasteiger partial charge >= 0.3 is 37.7 Å². The Morgan fingerprint density at radius 1 is 1.75 bits per heavy atom. The summed E-state index contributed by atoms with van der Waals surface area (Å²) in [5.41, 5.74) is 0. The number of carboxylic acids is 1. The zero-order valence-electron chi connectivity index (χ0n) is 4.20. The molecule has 43 valence electrons. The molecule has 1 radical (unpaired) electrons. The van der Waals surface area contributed by atoms with Crippen molar-refractivity contribution in [2.45, 2.75) is 6.10 Å². The monoisotopic (exact) mass is 145 g/mol. The van der Waals surface area contributed by atoms with Gasteiger partial charge in [-0.2, -0.15) is 0 Å². The van der Waals surface area contributed by atoms with E-state index in [0.717, 1.165) is 0 Å². The first-order valence-electron chi connectivity index (χ1n) is 1.68. The van der Waals surface area contributed by atoms with Gasteiger partial charge in [0.15, 0.2) is 0 Å². The fourth-order valence-electron chi connectivity index (χ4n) is 0.0745. The van der Waals surface area contributed by atoms with Gasteiger partial charge in [0.2, 0.25) is 0 Å². The number of aliphatic hydroxyl groups excluding tert-OH is 2. The van der Waals surface area contributed by atoms with Crippen molar-refractivity contribution >= 4 is 43.7 Å². The van der Waals surface area contributed by atoms with E-state index in [2.05, 4.69) is 0 Å². The molecule has 5 heteroatoms. The molecule has 0 aliphatic heterocycles. The smallest absolute Gasteiger partial charge is 0.547 e. The summed E-state index contributed by atoms with van der Waals surface area (Å²) >= 11 is 0. The van der Waals surface area contributed by atoms with Crippen LogP contribution in [0.4, 0.5) is 0 Å². The Hall–Kier alpha value is 0.650. The van der Waals surface area contributed by atoms with E-state index in [0.29, 0.717) is 0 Å². The Bertz CT molecular complexity index is 73.7. The van der Waals surface area contributed by atoms with Crippen molar-refractivity contribution in [3.63, 3.8) is 0 Å². The molecule has 4 nitrogen and oxygen atoms in total. The third-order valence-corrected chi connectivity index (χ3v) is 0.445. The molecule has 0 saturated heterocycles. The van der Waals surface area contributed by atoms with E-state index in [9.17, 15) is 9.90 Å². The molecule has 2 N–H and O–H groups in total. The van der Waals surface area contributed by atoms with E-state index in [-0.39, 0.29) is 37.7 Å². The number of rotatable bonds is 2. The van der Waals surface area contributed by atoms with Gasteiger partial charge in [0.05, 0.1) is 12.6 Å². The van der Waals surface area contributed by atoms with Gasteiger partial charge in [-0.3, -0.25) is 0 Å². The predicted molar refractivity (Wildman–Crippen MR) is 23.9 cm³/mol. The van der Waals surface area contributed by atoms with Crippen LogP contribution in [0.15, 0.2) is 0 Å². The van der Waals surface area contributed by atoms with E-state index in [1.54, 1.807) is 0 Å². The molecule has 0 spiro atoms. The minimum absolute atomic E-state index is 0. The molecule has 0 aliphatic rings. The number of carboxylic acid groups (broad SMARTS) is 1. The van der Waals surface area contributed by atoms with Crippen molar-refractivity contribution in [1.29, 1.82) is 0 Å². The summed E-state index contributed by atoms with van der Waals surface area (Å²) in [6.07, 6.45) is -1.74. The van der Waals surface area contributed by atoms with Crippen LogP contribution in [0.1, 0.15) is 0 Å². The summed E-state index contributed by atoms with van der Waals surface area (Å²) in [7, 11) is 0. The van der Waals surface area contributed by atoms with Crippen molar-refractivity contribution in [2.75, 3.05) is 6.61 Å². The fraction of sp³-hybridized carbons (Fsp3) is 0.667. The summed E-state index contributed by atoms with van der Waals surface area (Å²) in [5, 5.41) is 25.3. The normalized spacial score (nSPS) is 11.8. The van der Waals surface area contributed by atoms with Crippen molar-refractivity contribution < 1.29 is 20.1 Å². The topological polar surface area (TPSA) is 80.6 Å². The van der Waals surface area contributed by atoms with Gasteiger partial charge in [0, 0.05) is 0 Å². The Kier molecular flexibility index (Phi) is 8.27. The zero-order valence-corrected chi connectivity index (χ0v) is 6.41. The number of aliphatic hydroxyl groups is 2. The SMILES string of the molecule is O=C([O-])C(O)CO.[Ca+]. The van der Waals surface area contributed by atoms with Crippen molar-refractivity contribution in [3.05, 3.63) is 0 Å². The van der Waals surface area contributed by atoms with Crippen LogP contribution < -0.4 is 5.11 Å². The molecule has 1 atom stereocenters. The maximum Gasteiger partial charge on any atom is 1.00 e. The van der Waals surface area contributed by atoms with Crippen molar-refractivity contribution in [3.8, 4) is 0 Å². The zero-order chi connectivity index (χ0) is 5.86. The van der Waals surface area contributed by atoms with Crippen LogP contribution >= 0.6 is 0 Å². The molecule has 1 unspecified atom stereocenters. The minimum Gasteiger partial charge on any atom is -0.547 e. The molecule has 0 saturated carbocycles. The molecule has 0 rings (SSSR count). The van der Waals surface area contributed by atoms with Crippen molar-refractivity contribution in [1.82, 2.24) is 0 Å². The molecule has 8 heavy (non-hydrogen) atoms. The van der Waals surface area contributed by atoms with Crippen LogP contribution in [0, 0.1) is 0 Å². The molecule has 0 aromatic heterocycles. The van der Waals surface area contributed by atoms with Crippen LogP contribution in [-0.4, -0.2) is 66.6 Å². The standard InChI is InChI=1S/C3H6O4.Ca/c4-1-2(5)3(6)7;/h2,4-5H,1H2,(H,6,7);/q;+1/p-1. The molecule has 0 amide bonds. The molecule has 0 aliphatic carbocycles. The number of aliphatic carboxylic acids is 1. The second-order valence-corrected chi connectivity index (χ2v) is 1.02. The maximum atomic E-state index is 9.41. The fourth-order valence-corrected chi connectivity index (χ4v) is 0.0745. The van der Waals surface area contributed by atoms with Crippen LogP contribution in [0.2, 0.25) is 0 Å². The van der Waals surface area contributed by atoms with Gasteiger partial charge in [0.1, 0.15) is 6.10 Å². The number of hydrogen-bond donors (Lipinski definition) is 2. The summed E-state index contributed by atoms with van der Waals surface area (Å²) in [4.78, 5) is 9.41. The first-order chi connectivity index (χ1) is 3.18. The summed E-state index contributed by atoms with van der Waals surface area (Å²) in [6.45, 7) is -0.789. The predicted octanol–water partition coefficient (Wildman–Crippen LogP) is -3.29. The summed E-state index contributed by atoms with van der Waals surface area (Å²) < 4.78 is 0. The molecular formula is C3H5CaO4. The van der Waals surface area contributed by atoms with Crippen LogP contribution in [0.3, 0.4) is 0 Å². The second-order valence-electron chi connectivity index (χ2n) is 1.02. The molecule has 0 fully saturated rings. The maximum absolute atomic E-state index is 9.41. The van der Waals surface area contributed by atoms with E-state index >= 15 is 0 Å². The van der Waals surface area contributed by atoms with Crippen molar-refractivity contribution in [2.24, 2.45) is 0 Å². The van der Waals surface area contributed by atoms with Crippen LogP contribution in [0.5, 0.6) is 0 Å². The number of carbonyl (C=O) groups is 1. The van der Waals surface area contributed by atoms with Gasteiger partial charge in [0.25, 0.3) is 0 Å². The third-order valence-electron chi connectivity index (χ3n) is 0.445. The van der Waals surface area contributed by atoms with Gasteiger partial charge in [-0.1, -0.05) is 0 Å². The van der Waals surface area contributed by atoms with E-state index < -0.39 is 18.7 Å². The molecular weight excluding hydrogens is 140 g/mol. The van der Waals surface area contributed by atoms with Crippen LogP contribution in [-0.2, 0) is 4.79 Å². The summed E-state index contributed by atoms with van der Waals surface area (Å²) in [6, 6.07) is 0. The molecule has 0 aromatic rings. The average molecular weight is 145 g/mol. The van der Waals surface area contributed by atoms with Gasteiger partial charge in [-0.15, -0.1) is 0 Å². The van der Waals surface area contributed by atoms with Gasteiger partial charge in [-0.25, -0.2) is 0 Å². The Morgan fingerprint density at radius 2 is 2.12 bits per heavy atom. The largest absolute Gasteiger partial charge is 1.00 e. The Morgan fingerprint density at radius 3 is 2.12 bits per heavy atom. The van der Waals surface area contributed by atoms with E-state index in [1.807, 2.05) is 0 Å². The minimum atomic E-state index is -1.74. The molecule has 0 bridgehead atoms. The first-order valence-corrected chi connectivity index (χ1v) is 1.68. The van der Waals surface area contributed by atoms with Gasteiger partial charge in [-0.05, 0) is 0 Å². The van der Waals surface area contributed by atoms with Crippen LogP contribution in [0.25, 0.3) is 0 Å². The summed E-state index contributed by atoms with van der Waals surface area (Å²) in [5.74, 6) is -1.65. The number of carbonyl (C=O) groups excluding carboxylic acids is 1. The first kappa shape index (κ1) is 11.4.